The van der Waals surface area contributed by atoms with Gasteiger partial charge < -0.3 is 10.2 Å². The lowest BCUT2D eigenvalue weighted by Gasteiger charge is -2.34. The Kier molecular flexibility index (Phi) is 4.27. The molecule has 1 N–H and O–H groups in total. The van der Waals surface area contributed by atoms with Gasteiger partial charge in [-0.1, -0.05) is 13.8 Å². The van der Waals surface area contributed by atoms with Crippen molar-refractivity contribution in [2.24, 2.45) is 0 Å². The topological polar surface area (TPSA) is 41.1 Å². The van der Waals surface area contributed by atoms with E-state index < -0.39 is 0 Å². The zero-order valence-electron chi connectivity index (χ0n) is 12.7. The number of rotatable bonds is 5. The monoisotopic (exact) mass is 262 g/mol. The number of nitrogens with one attached hydrogen (secondary N) is 1. The molecule has 4 heteroatoms. The minimum atomic E-state index is 0.209. The third kappa shape index (κ3) is 2.82. The Balaban J connectivity index is 2.34. The van der Waals surface area contributed by atoms with Crippen LogP contribution < -0.4 is 10.2 Å². The molecule has 0 aromatic carbocycles. The summed E-state index contributed by atoms with van der Waals surface area (Å²) in [7, 11) is 0. The van der Waals surface area contributed by atoms with Crippen LogP contribution in [-0.4, -0.2) is 28.6 Å². The van der Waals surface area contributed by atoms with Gasteiger partial charge in [0.2, 0.25) is 0 Å². The van der Waals surface area contributed by atoms with Crippen molar-refractivity contribution in [1.82, 2.24) is 9.97 Å². The van der Waals surface area contributed by atoms with Crippen molar-refractivity contribution >= 4 is 11.6 Å². The van der Waals surface area contributed by atoms with Crippen LogP contribution in [0.5, 0.6) is 0 Å². The predicted molar refractivity (Wildman–Crippen MR) is 80.8 cm³/mol. The van der Waals surface area contributed by atoms with Crippen molar-refractivity contribution < 1.29 is 0 Å². The highest BCUT2D eigenvalue weighted by Gasteiger charge is 2.34. The molecule has 2 heterocycles. The van der Waals surface area contributed by atoms with E-state index in [9.17, 15) is 0 Å². The van der Waals surface area contributed by atoms with Gasteiger partial charge in [0.1, 0.15) is 18.0 Å². The van der Waals surface area contributed by atoms with Crippen molar-refractivity contribution in [3.05, 3.63) is 11.9 Å². The van der Waals surface area contributed by atoms with Gasteiger partial charge in [0.25, 0.3) is 0 Å². The van der Waals surface area contributed by atoms with Crippen LogP contribution in [0.15, 0.2) is 6.33 Å². The van der Waals surface area contributed by atoms with Gasteiger partial charge in [-0.05, 0) is 39.5 Å². The lowest BCUT2D eigenvalue weighted by Crippen LogP contribution is -2.39. The minimum Gasteiger partial charge on any atom is -0.370 e. The maximum Gasteiger partial charge on any atom is 0.137 e. The minimum absolute atomic E-state index is 0.209. The maximum absolute atomic E-state index is 4.57. The summed E-state index contributed by atoms with van der Waals surface area (Å²) in [5.41, 5.74) is 1.46. The van der Waals surface area contributed by atoms with Gasteiger partial charge >= 0.3 is 0 Å². The molecular weight excluding hydrogens is 236 g/mol. The number of nitrogens with zero attached hydrogens (tertiary/aromatic N) is 3. The average molecular weight is 262 g/mol. The van der Waals surface area contributed by atoms with Crippen LogP contribution in [0, 0.1) is 0 Å². The summed E-state index contributed by atoms with van der Waals surface area (Å²) in [4.78, 5) is 11.4. The van der Waals surface area contributed by atoms with E-state index in [2.05, 4.69) is 47.9 Å². The summed E-state index contributed by atoms with van der Waals surface area (Å²) < 4.78 is 0. The van der Waals surface area contributed by atoms with Gasteiger partial charge in [0.15, 0.2) is 0 Å². The van der Waals surface area contributed by atoms with Gasteiger partial charge in [0, 0.05) is 24.2 Å². The fraction of sp³-hybridized carbons (Fsp3) is 0.733. The van der Waals surface area contributed by atoms with Gasteiger partial charge in [0.05, 0.1) is 0 Å². The van der Waals surface area contributed by atoms with Gasteiger partial charge in [-0.3, -0.25) is 0 Å². The molecule has 1 aliphatic rings. The fourth-order valence-electron chi connectivity index (χ4n) is 2.86. The predicted octanol–water partition coefficient (Wildman–Crippen LogP) is 3.24. The molecule has 1 aromatic rings. The first-order valence-electron chi connectivity index (χ1n) is 7.45. The largest absolute Gasteiger partial charge is 0.370 e. The molecule has 4 nitrogen and oxygen atoms in total. The lowest BCUT2D eigenvalue weighted by molar-refractivity contribution is 0.513. The van der Waals surface area contributed by atoms with Gasteiger partial charge in [-0.2, -0.15) is 0 Å². The zero-order chi connectivity index (χ0) is 13.9. The molecule has 0 saturated carbocycles. The molecule has 0 spiro atoms. The molecule has 0 bridgehead atoms. The van der Waals surface area contributed by atoms with Gasteiger partial charge in [-0.15, -0.1) is 0 Å². The van der Waals surface area contributed by atoms with E-state index in [1.165, 1.54) is 18.4 Å². The molecule has 0 radical (unpaired) electrons. The van der Waals surface area contributed by atoms with Gasteiger partial charge in [-0.25, -0.2) is 9.97 Å². The smallest absolute Gasteiger partial charge is 0.137 e. The number of anilines is 2. The van der Waals surface area contributed by atoms with Crippen LogP contribution in [0.1, 0.15) is 52.5 Å². The number of hydrogen-bond acceptors (Lipinski definition) is 4. The molecule has 2 rings (SSSR count). The normalized spacial score (nSPS) is 17.8. The maximum atomic E-state index is 4.57. The molecule has 1 saturated heterocycles. The van der Waals surface area contributed by atoms with Crippen molar-refractivity contribution in [2.75, 3.05) is 23.3 Å². The van der Waals surface area contributed by atoms with Crippen molar-refractivity contribution in [3.8, 4) is 0 Å². The summed E-state index contributed by atoms with van der Waals surface area (Å²) in [5, 5.41) is 3.43. The third-order valence-electron chi connectivity index (χ3n) is 3.98. The summed E-state index contributed by atoms with van der Waals surface area (Å²) in [6.07, 6.45) is 6.25. The molecular formula is C15H26N4. The van der Waals surface area contributed by atoms with Crippen LogP contribution in [-0.2, 0) is 6.42 Å². The van der Waals surface area contributed by atoms with E-state index in [0.717, 1.165) is 37.6 Å². The fourth-order valence-corrected chi connectivity index (χ4v) is 2.86. The SMILES string of the molecule is CCCNc1ncnc(N2CCCC2(C)C)c1CC. The highest BCUT2D eigenvalue weighted by molar-refractivity contribution is 5.60. The second-order valence-electron chi connectivity index (χ2n) is 5.87. The Morgan fingerprint density at radius 1 is 1.32 bits per heavy atom. The molecule has 1 aromatic heterocycles. The molecule has 0 unspecified atom stereocenters. The van der Waals surface area contributed by atoms with Crippen LogP contribution >= 0.6 is 0 Å². The Morgan fingerprint density at radius 3 is 2.68 bits per heavy atom. The van der Waals surface area contributed by atoms with E-state index in [1.54, 1.807) is 6.33 Å². The first-order valence-corrected chi connectivity index (χ1v) is 7.45. The van der Waals surface area contributed by atoms with Crippen molar-refractivity contribution in [1.29, 1.82) is 0 Å². The second-order valence-corrected chi connectivity index (χ2v) is 5.87. The molecule has 19 heavy (non-hydrogen) atoms. The molecule has 1 fully saturated rings. The van der Waals surface area contributed by atoms with Crippen LogP contribution in [0.4, 0.5) is 11.6 Å². The summed E-state index contributed by atoms with van der Waals surface area (Å²) in [6, 6.07) is 0. The molecule has 0 atom stereocenters. The molecule has 0 amide bonds. The Morgan fingerprint density at radius 2 is 2.11 bits per heavy atom. The van der Waals surface area contributed by atoms with E-state index in [4.69, 9.17) is 0 Å². The lowest BCUT2D eigenvalue weighted by atomic mass is 10.0. The molecule has 106 valence electrons. The average Bonchev–Trinajstić information content (AvgIpc) is 2.75. The summed E-state index contributed by atoms with van der Waals surface area (Å²) in [5.74, 6) is 2.13. The Hall–Kier alpha value is -1.32. The quantitative estimate of drug-likeness (QED) is 0.884. The standard InChI is InChI=1S/C15H26N4/c1-5-9-16-13-12(6-2)14(18-11-17-13)19-10-7-8-15(19,3)4/h11H,5-10H2,1-4H3,(H,16,17,18). The second kappa shape index (κ2) is 5.76. The van der Waals surface area contributed by atoms with E-state index in [0.29, 0.717) is 0 Å². The highest BCUT2D eigenvalue weighted by Crippen LogP contribution is 2.35. The molecule has 0 aliphatic carbocycles. The Bertz CT molecular complexity index is 428. The highest BCUT2D eigenvalue weighted by atomic mass is 15.3. The van der Waals surface area contributed by atoms with E-state index in [1.807, 2.05) is 0 Å². The van der Waals surface area contributed by atoms with Crippen LogP contribution in [0.25, 0.3) is 0 Å². The molecule has 1 aliphatic heterocycles. The zero-order valence-corrected chi connectivity index (χ0v) is 12.7. The third-order valence-corrected chi connectivity index (χ3v) is 3.98. The van der Waals surface area contributed by atoms with E-state index in [-0.39, 0.29) is 5.54 Å². The Labute approximate surface area is 116 Å². The first kappa shape index (κ1) is 14.1. The number of aromatic nitrogens is 2. The number of hydrogen-bond donors (Lipinski definition) is 1. The van der Waals surface area contributed by atoms with Crippen molar-refractivity contribution in [3.63, 3.8) is 0 Å². The van der Waals surface area contributed by atoms with Crippen LogP contribution in [0.3, 0.4) is 0 Å². The summed E-state index contributed by atoms with van der Waals surface area (Å²) in [6.45, 7) is 11.0. The summed E-state index contributed by atoms with van der Waals surface area (Å²) >= 11 is 0. The van der Waals surface area contributed by atoms with Crippen molar-refractivity contribution in [2.45, 2.75) is 58.9 Å². The first-order chi connectivity index (χ1) is 9.10. The van der Waals surface area contributed by atoms with E-state index >= 15 is 0 Å². The van der Waals surface area contributed by atoms with Crippen LogP contribution in [0.2, 0.25) is 0 Å².